The molecule has 3 rings (SSSR count). The molecule has 4 heteroatoms. The summed E-state index contributed by atoms with van der Waals surface area (Å²) >= 11 is 0. The molecule has 2 aliphatic heterocycles. The first kappa shape index (κ1) is 12.6. The van der Waals surface area contributed by atoms with E-state index in [-0.39, 0.29) is 24.2 Å². The van der Waals surface area contributed by atoms with Crippen LogP contribution in [0.3, 0.4) is 0 Å². The monoisotopic (exact) mass is 260 g/mol. The average molecular weight is 260 g/mol. The van der Waals surface area contributed by atoms with Gasteiger partial charge in [-0.2, -0.15) is 0 Å². The van der Waals surface area contributed by atoms with Crippen molar-refractivity contribution in [1.82, 2.24) is 10.2 Å². The Bertz CT molecular complexity index is 443. The third-order valence-corrected chi connectivity index (χ3v) is 3.96. The average Bonchev–Trinajstić information content (AvgIpc) is 3.03. The molecule has 2 heterocycles. The number of ether oxygens (including phenoxy) is 1. The Morgan fingerprint density at radius 3 is 2.84 bits per heavy atom. The summed E-state index contributed by atoms with van der Waals surface area (Å²) in [5.41, 5.74) is 1.04. The zero-order valence-electron chi connectivity index (χ0n) is 11.2. The number of hydrogen-bond donors (Lipinski definition) is 1. The molecular weight excluding hydrogens is 240 g/mol. The molecule has 1 amide bonds. The Balaban J connectivity index is 1.71. The van der Waals surface area contributed by atoms with Gasteiger partial charge in [0.2, 0.25) is 5.91 Å². The van der Waals surface area contributed by atoms with E-state index < -0.39 is 0 Å². The molecule has 0 bridgehead atoms. The van der Waals surface area contributed by atoms with Crippen molar-refractivity contribution in [3.63, 3.8) is 0 Å². The highest BCUT2D eigenvalue weighted by molar-refractivity contribution is 5.85. The van der Waals surface area contributed by atoms with Crippen LogP contribution in [0.2, 0.25) is 0 Å². The molecule has 0 aliphatic carbocycles. The van der Waals surface area contributed by atoms with Crippen LogP contribution >= 0.6 is 0 Å². The van der Waals surface area contributed by atoms with Gasteiger partial charge in [-0.05, 0) is 25.3 Å². The van der Waals surface area contributed by atoms with E-state index in [0.29, 0.717) is 6.54 Å². The van der Waals surface area contributed by atoms with E-state index >= 15 is 0 Å². The van der Waals surface area contributed by atoms with Crippen LogP contribution in [0, 0.1) is 0 Å². The Morgan fingerprint density at radius 1 is 1.37 bits per heavy atom. The van der Waals surface area contributed by atoms with Crippen molar-refractivity contribution in [3.8, 4) is 0 Å². The summed E-state index contributed by atoms with van der Waals surface area (Å²) < 4.78 is 5.63. The van der Waals surface area contributed by atoms with Crippen molar-refractivity contribution in [1.29, 1.82) is 0 Å². The second-order valence-electron chi connectivity index (χ2n) is 5.31. The molecule has 4 nitrogen and oxygen atoms in total. The maximum atomic E-state index is 12.5. The largest absolute Gasteiger partial charge is 0.376 e. The van der Waals surface area contributed by atoms with Crippen LogP contribution in [0.4, 0.5) is 0 Å². The minimum atomic E-state index is -0.211. The van der Waals surface area contributed by atoms with Crippen molar-refractivity contribution < 1.29 is 9.53 Å². The van der Waals surface area contributed by atoms with Crippen LogP contribution in [0.25, 0.3) is 0 Å². The van der Waals surface area contributed by atoms with E-state index in [4.69, 9.17) is 4.74 Å². The smallest absolute Gasteiger partial charge is 0.245 e. The first-order valence-corrected chi connectivity index (χ1v) is 6.99. The normalized spacial score (nSPS) is 31.1. The molecule has 0 aromatic heterocycles. The minimum absolute atomic E-state index is 0.0712. The first-order valence-electron chi connectivity index (χ1n) is 6.99. The third-order valence-electron chi connectivity index (χ3n) is 3.96. The molecular formula is C15H20N2O2. The van der Waals surface area contributed by atoms with Gasteiger partial charge in [0, 0.05) is 13.2 Å². The van der Waals surface area contributed by atoms with Gasteiger partial charge in [-0.1, -0.05) is 30.3 Å². The molecule has 0 saturated carbocycles. The molecule has 3 unspecified atom stereocenters. The molecule has 1 N–H and O–H groups in total. The molecule has 2 saturated heterocycles. The summed E-state index contributed by atoms with van der Waals surface area (Å²) in [6.07, 6.45) is 2.45. The number of benzene rings is 1. The molecule has 102 valence electrons. The highest BCUT2D eigenvalue weighted by Gasteiger charge is 2.38. The lowest BCUT2D eigenvalue weighted by Gasteiger charge is -2.23. The van der Waals surface area contributed by atoms with Gasteiger partial charge in [-0.15, -0.1) is 0 Å². The number of rotatable bonds is 3. The highest BCUT2D eigenvalue weighted by Crippen LogP contribution is 2.25. The van der Waals surface area contributed by atoms with E-state index in [2.05, 4.69) is 5.32 Å². The van der Waals surface area contributed by atoms with Gasteiger partial charge in [-0.25, -0.2) is 0 Å². The minimum Gasteiger partial charge on any atom is -0.376 e. The predicted molar refractivity (Wildman–Crippen MR) is 72.5 cm³/mol. The topological polar surface area (TPSA) is 41.6 Å². The van der Waals surface area contributed by atoms with Gasteiger partial charge in [0.25, 0.3) is 0 Å². The summed E-state index contributed by atoms with van der Waals surface area (Å²) in [5, 5.41) is 3.36. The van der Waals surface area contributed by atoms with Crippen LogP contribution in [-0.2, 0) is 9.53 Å². The standard InChI is InChI=1S/C15H20N2O2/c1-11-16-14(12-6-3-2-4-7-12)15(18)17(11)10-13-8-5-9-19-13/h2-4,6-7,11,13-14,16H,5,8-10H2,1H3. The van der Waals surface area contributed by atoms with E-state index in [1.54, 1.807) is 0 Å². The van der Waals surface area contributed by atoms with E-state index in [0.717, 1.165) is 25.0 Å². The molecule has 0 radical (unpaired) electrons. The van der Waals surface area contributed by atoms with Gasteiger partial charge >= 0.3 is 0 Å². The summed E-state index contributed by atoms with van der Waals surface area (Å²) in [5.74, 6) is 0.161. The SMILES string of the molecule is CC1NC(c2ccccc2)C(=O)N1CC1CCCO1. The summed E-state index contributed by atoms with van der Waals surface area (Å²) in [6, 6.07) is 9.69. The fourth-order valence-electron chi connectivity index (χ4n) is 2.90. The lowest BCUT2D eigenvalue weighted by atomic mass is 10.1. The van der Waals surface area contributed by atoms with Crippen LogP contribution in [0.5, 0.6) is 0 Å². The van der Waals surface area contributed by atoms with Crippen molar-refractivity contribution in [3.05, 3.63) is 35.9 Å². The van der Waals surface area contributed by atoms with Gasteiger partial charge in [0.1, 0.15) is 6.04 Å². The van der Waals surface area contributed by atoms with Crippen LogP contribution < -0.4 is 5.32 Å². The second kappa shape index (κ2) is 5.31. The molecule has 19 heavy (non-hydrogen) atoms. The Hall–Kier alpha value is -1.39. The van der Waals surface area contributed by atoms with Crippen LogP contribution in [0.1, 0.15) is 31.4 Å². The van der Waals surface area contributed by atoms with Crippen LogP contribution in [0.15, 0.2) is 30.3 Å². The molecule has 2 aliphatic rings. The zero-order chi connectivity index (χ0) is 13.2. The van der Waals surface area contributed by atoms with Crippen molar-refractivity contribution in [2.45, 2.75) is 38.1 Å². The molecule has 2 fully saturated rings. The molecule has 1 aromatic carbocycles. The quantitative estimate of drug-likeness (QED) is 0.899. The second-order valence-corrected chi connectivity index (χ2v) is 5.31. The number of carbonyl (C=O) groups excluding carboxylic acids is 1. The van der Waals surface area contributed by atoms with Gasteiger partial charge in [-0.3, -0.25) is 10.1 Å². The van der Waals surface area contributed by atoms with Crippen LogP contribution in [-0.4, -0.2) is 36.2 Å². The lowest BCUT2D eigenvalue weighted by molar-refractivity contribution is -0.131. The van der Waals surface area contributed by atoms with Crippen molar-refractivity contribution >= 4 is 5.91 Å². The summed E-state index contributed by atoms with van der Waals surface area (Å²) in [4.78, 5) is 14.4. The molecule has 1 aromatic rings. The van der Waals surface area contributed by atoms with E-state index in [1.165, 1.54) is 0 Å². The number of nitrogens with one attached hydrogen (secondary N) is 1. The number of carbonyl (C=O) groups is 1. The zero-order valence-corrected chi connectivity index (χ0v) is 11.2. The maximum absolute atomic E-state index is 12.5. The van der Waals surface area contributed by atoms with Gasteiger partial charge < -0.3 is 9.64 Å². The highest BCUT2D eigenvalue weighted by atomic mass is 16.5. The fourth-order valence-corrected chi connectivity index (χ4v) is 2.90. The number of hydrogen-bond acceptors (Lipinski definition) is 3. The Morgan fingerprint density at radius 2 is 2.16 bits per heavy atom. The number of nitrogens with zero attached hydrogens (tertiary/aromatic N) is 1. The van der Waals surface area contributed by atoms with Gasteiger partial charge in [0.15, 0.2) is 0 Å². The fraction of sp³-hybridized carbons (Fsp3) is 0.533. The summed E-state index contributed by atoms with van der Waals surface area (Å²) in [6.45, 7) is 3.57. The third kappa shape index (κ3) is 2.51. The predicted octanol–water partition coefficient (Wildman–Crippen LogP) is 1.68. The van der Waals surface area contributed by atoms with Crippen molar-refractivity contribution in [2.75, 3.05) is 13.2 Å². The maximum Gasteiger partial charge on any atom is 0.245 e. The van der Waals surface area contributed by atoms with Gasteiger partial charge in [0.05, 0.1) is 12.3 Å². The number of amides is 1. The Kier molecular flexibility index (Phi) is 3.53. The lowest BCUT2D eigenvalue weighted by Crippen LogP contribution is -2.40. The van der Waals surface area contributed by atoms with E-state index in [9.17, 15) is 4.79 Å². The molecule has 0 spiro atoms. The summed E-state index contributed by atoms with van der Waals surface area (Å²) in [7, 11) is 0. The Labute approximate surface area is 113 Å². The van der Waals surface area contributed by atoms with E-state index in [1.807, 2.05) is 42.2 Å². The van der Waals surface area contributed by atoms with Crippen molar-refractivity contribution in [2.24, 2.45) is 0 Å². The first-order chi connectivity index (χ1) is 9.25. The molecule has 3 atom stereocenters.